The Kier molecular flexibility index (Phi) is 4.37. The van der Waals surface area contributed by atoms with Crippen molar-refractivity contribution in [1.82, 2.24) is 4.90 Å². The van der Waals surface area contributed by atoms with Crippen LogP contribution < -0.4 is 4.74 Å². The van der Waals surface area contributed by atoms with Crippen LogP contribution in [0.3, 0.4) is 0 Å². The molecule has 0 amide bonds. The van der Waals surface area contributed by atoms with Crippen LogP contribution in [0.5, 0.6) is 5.75 Å². The van der Waals surface area contributed by atoms with Gasteiger partial charge in [0, 0.05) is 32.5 Å². The van der Waals surface area contributed by atoms with Crippen LogP contribution in [0.2, 0.25) is 0 Å². The molecule has 0 N–H and O–H groups in total. The number of likely N-dealkylation sites (tertiary alicyclic amines) is 1. The van der Waals surface area contributed by atoms with Gasteiger partial charge >= 0.3 is 0 Å². The van der Waals surface area contributed by atoms with Crippen LogP contribution in [0.15, 0.2) is 18.2 Å². The topological polar surface area (TPSA) is 29.5 Å². The summed E-state index contributed by atoms with van der Waals surface area (Å²) in [5.74, 6) is 1.33. The molecule has 1 heterocycles. The average molecular weight is 247 g/mol. The summed E-state index contributed by atoms with van der Waals surface area (Å²) in [5.41, 5.74) is 2.55. The first-order valence-electron chi connectivity index (χ1n) is 6.59. The fourth-order valence-electron chi connectivity index (χ4n) is 2.12. The van der Waals surface area contributed by atoms with E-state index < -0.39 is 0 Å². The molecule has 3 heteroatoms. The molecule has 0 aliphatic carbocycles. The van der Waals surface area contributed by atoms with Crippen molar-refractivity contribution < 1.29 is 9.53 Å². The van der Waals surface area contributed by atoms with Crippen LogP contribution in [0, 0.1) is 13.8 Å². The Morgan fingerprint density at radius 1 is 1.17 bits per heavy atom. The molecule has 1 aromatic carbocycles. The molecule has 3 nitrogen and oxygen atoms in total. The summed E-state index contributed by atoms with van der Waals surface area (Å²) in [6.45, 7) is 7.56. The maximum Gasteiger partial charge on any atom is 0.135 e. The third-order valence-corrected chi connectivity index (χ3v) is 3.57. The van der Waals surface area contributed by atoms with Crippen molar-refractivity contribution in [2.45, 2.75) is 26.7 Å². The lowest BCUT2D eigenvalue weighted by Crippen LogP contribution is -2.36. The van der Waals surface area contributed by atoms with Crippen molar-refractivity contribution in [2.75, 3.05) is 26.2 Å². The van der Waals surface area contributed by atoms with Gasteiger partial charge in [-0.3, -0.25) is 9.69 Å². The van der Waals surface area contributed by atoms with Crippen molar-refractivity contribution in [3.8, 4) is 5.75 Å². The van der Waals surface area contributed by atoms with Gasteiger partial charge in [-0.1, -0.05) is 6.07 Å². The van der Waals surface area contributed by atoms with Crippen molar-refractivity contribution >= 4 is 5.78 Å². The van der Waals surface area contributed by atoms with E-state index in [4.69, 9.17) is 4.74 Å². The monoisotopic (exact) mass is 247 g/mol. The highest BCUT2D eigenvalue weighted by Crippen LogP contribution is 2.16. The Morgan fingerprint density at radius 2 is 1.89 bits per heavy atom. The minimum atomic E-state index is 0.390. The second-order valence-electron chi connectivity index (χ2n) is 4.97. The number of piperidine rings is 1. The molecule has 1 aliphatic heterocycles. The van der Waals surface area contributed by atoms with E-state index in [1.165, 1.54) is 11.1 Å². The maximum atomic E-state index is 11.1. The molecular formula is C15H21NO2. The minimum absolute atomic E-state index is 0.390. The van der Waals surface area contributed by atoms with Gasteiger partial charge in [-0.05, 0) is 37.1 Å². The molecule has 1 fully saturated rings. The Labute approximate surface area is 109 Å². The van der Waals surface area contributed by atoms with Gasteiger partial charge in [0.1, 0.15) is 18.1 Å². The van der Waals surface area contributed by atoms with E-state index in [1.54, 1.807) is 0 Å². The van der Waals surface area contributed by atoms with Crippen molar-refractivity contribution in [2.24, 2.45) is 0 Å². The average Bonchev–Trinajstić information content (AvgIpc) is 2.36. The normalized spacial score (nSPS) is 16.9. The second-order valence-corrected chi connectivity index (χ2v) is 4.97. The Morgan fingerprint density at radius 3 is 2.56 bits per heavy atom. The van der Waals surface area contributed by atoms with Gasteiger partial charge in [0.25, 0.3) is 0 Å². The first kappa shape index (κ1) is 13.1. The summed E-state index contributed by atoms with van der Waals surface area (Å²) in [6.07, 6.45) is 1.40. The molecule has 2 rings (SSSR count). The molecule has 0 aromatic heterocycles. The third kappa shape index (κ3) is 3.57. The smallest absolute Gasteiger partial charge is 0.135 e. The number of hydrogen-bond donors (Lipinski definition) is 0. The number of nitrogens with zero attached hydrogens (tertiary/aromatic N) is 1. The van der Waals surface area contributed by atoms with Crippen LogP contribution in [-0.4, -0.2) is 36.9 Å². The lowest BCUT2D eigenvalue weighted by Gasteiger charge is -2.25. The zero-order valence-electron chi connectivity index (χ0n) is 11.2. The SMILES string of the molecule is Cc1ccc(OCCN2CCC(=O)CC2)cc1C. The molecule has 0 unspecified atom stereocenters. The van der Waals surface area contributed by atoms with Crippen LogP contribution >= 0.6 is 0 Å². The highest BCUT2D eigenvalue weighted by molar-refractivity contribution is 5.79. The molecule has 0 bridgehead atoms. The number of carbonyl (C=O) groups excluding carboxylic acids is 1. The summed E-state index contributed by atoms with van der Waals surface area (Å²) < 4.78 is 5.74. The minimum Gasteiger partial charge on any atom is -0.492 e. The predicted molar refractivity (Wildman–Crippen MR) is 72.1 cm³/mol. The van der Waals surface area contributed by atoms with E-state index in [-0.39, 0.29) is 0 Å². The largest absolute Gasteiger partial charge is 0.492 e. The van der Waals surface area contributed by atoms with E-state index in [9.17, 15) is 4.79 Å². The summed E-state index contributed by atoms with van der Waals surface area (Å²) in [6, 6.07) is 6.18. The number of hydrogen-bond acceptors (Lipinski definition) is 3. The Bertz CT molecular complexity index is 419. The summed E-state index contributed by atoms with van der Waals surface area (Å²) >= 11 is 0. The number of carbonyl (C=O) groups is 1. The molecule has 0 saturated carbocycles. The number of ether oxygens (including phenoxy) is 1. The molecule has 1 saturated heterocycles. The van der Waals surface area contributed by atoms with Gasteiger partial charge in [0.15, 0.2) is 0 Å². The molecular weight excluding hydrogens is 226 g/mol. The summed E-state index contributed by atoms with van der Waals surface area (Å²) in [4.78, 5) is 13.4. The molecule has 98 valence electrons. The standard InChI is InChI=1S/C15H21NO2/c1-12-3-4-15(11-13(12)2)18-10-9-16-7-5-14(17)6-8-16/h3-4,11H,5-10H2,1-2H3. The second kappa shape index (κ2) is 6.01. The zero-order valence-corrected chi connectivity index (χ0v) is 11.2. The quantitative estimate of drug-likeness (QED) is 0.818. The van der Waals surface area contributed by atoms with Gasteiger partial charge in [-0.2, -0.15) is 0 Å². The molecule has 0 atom stereocenters. The fraction of sp³-hybridized carbons (Fsp3) is 0.533. The van der Waals surface area contributed by atoms with Crippen LogP contribution in [0.25, 0.3) is 0 Å². The number of rotatable bonds is 4. The molecule has 0 radical (unpaired) electrons. The number of Topliss-reactive ketones (excluding diaryl/α,β-unsaturated/α-hetero) is 1. The highest BCUT2D eigenvalue weighted by Gasteiger charge is 2.15. The first-order chi connectivity index (χ1) is 8.65. The maximum absolute atomic E-state index is 11.1. The molecule has 18 heavy (non-hydrogen) atoms. The number of aryl methyl sites for hydroxylation is 2. The predicted octanol–water partition coefficient (Wildman–Crippen LogP) is 2.35. The number of benzene rings is 1. The van der Waals surface area contributed by atoms with Crippen molar-refractivity contribution in [3.05, 3.63) is 29.3 Å². The zero-order chi connectivity index (χ0) is 13.0. The van der Waals surface area contributed by atoms with Gasteiger partial charge in [0.05, 0.1) is 0 Å². The van der Waals surface area contributed by atoms with E-state index in [2.05, 4.69) is 30.9 Å². The third-order valence-electron chi connectivity index (χ3n) is 3.57. The van der Waals surface area contributed by atoms with Crippen molar-refractivity contribution in [1.29, 1.82) is 0 Å². The van der Waals surface area contributed by atoms with E-state index in [0.717, 1.165) is 25.4 Å². The Balaban J connectivity index is 1.74. The van der Waals surface area contributed by atoms with Crippen LogP contribution in [-0.2, 0) is 4.79 Å². The summed E-state index contributed by atoms with van der Waals surface area (Å²) in [5, 5.41) is 0. The van der Waals surface area contributed by atoms with Gasteiger partial charge in [-0.25, -0.2) is 0 Å². The first-order valence-corrected chi connectivity index (χ1v) is 6.59. The highest BCUT2D eigenvalue weighted by atomic mass is 16.5. The summed E-state index contributed by atoms with van der Waals surface area (Å²) in [7, 11) is 0. The fourth-order valence-corrected chi connectivity index (χ4v) is 2.12. The lowest BCUT2D eigenvalue weighted by atomic mass is 10.1. The Hall–Kier alpha value is -1.35. The van der Waals surface area contributed by atoms with E-state index >= 15 is 0 Å². The van der Waals surface area contributed by atoms with Gasteiger partial charge in [-0.15, -0.1) is 0 Å². The number of ketones is 1. The lowest BCUT2D eigenvalue weighted by molar-refractivity contribution is -0.121. The van der Waals surface area contributed by atoms with Gasteiger partial charge < -0.3 is 4.74 Å². The van der Waals surface area contributed by atoms with Crippen molar-refractivity contribution in [3.63, 3.8) is 0 Å². The van der Waals surface area contributed by atoms with Gasteiger partial charge in [0.2, 0.25) is 0 Å². The van der Waals surface area contributed by atoms with Crippen LogP contribution in [0.4, 0.5) is 0 Å². The van der Waals surface area contributed by atoms with Crippen LogP contribution in [0.1, 0.15) is 24.0 Å². The van der Waals surface area contributed by atoms with E-state index in [0.29, 0.717) is 25.2 Å². The van der Waals surface area contributed by atoms with E-state index in [1.807, 2.05) is 6.07 Å². The molecule has 1 aliphatic rings. The molecule has 1 aromatic rings. The molecule has 0 spiro atoms.